The van der Waals surface area contributed by atoms with Gasteiger partial charge in [0.2, 0.25) is 0 Å². The number of hydrogen-bond acceptors (Lipinski definition) is 4. The van der Waals surface area contributed by atoms with Crippen molar-refractivity contribution in [3.8, 4) is 0 Å². The molecule has 0 amide bonds. The van der Waals surface area contributed by atoms with Crippen LogP contribution in [0.4, 0.5) is 0 Å². The summed E-state index contributed by atoms with van der Waals surface area (Å²) < 4.78 is 10.6. The topological polar surface area (TPSA) is 47.7 Å². The third-order valence-corrected chi connectivity index (χ3v) is 3.95. The number of nitrogens with zero attached hydrogens (tertiary/aromatic N) is 1. The minimum atomic E-state index is 0.196. The lowest BCUT2D eigenvalue weighted by atomic mass is 9.96. The quantitative estimate of drug-likeness (QED) is 0.719. The zero-order valence-corrected chi connectivity index (χ0v) is 13.8. The molecule has 0 aliphatic heterocycles. The van der Waals surface area contributed by atoms with E-state index in [9.17, 15) is 0 Å². The molecule has 0 saturated carbocycles. The minimum Gasteiger partial charge on any atom is -0.383 e. The number of hydrogen-bond donors (Lipinski definition) is 1. The van der Waals surface area contributed by atoms with Crippen molar-refractivity contribution in [2.24, 2.45) is 5.73 Å². The van der Waals surface area contributed by atoms with Crippen molar-refractivity contribution in [3.05, 3.63) is 35.4 Å². The molecule has 4 nitrogen and oxygen atoms in total. The summed E-state index contributed by atoms with van der Waals surface area (Å²) in [5, 5.41) is 0. The van der Waals surface area contributed by atoms with Crippen LogP contribution >= 0.6 is 0 Å². The highest BCUT2D eigenvalue weighted by atomic mass is 16.5. The molecule has 2 unspecified atom stereocenters. The molecule has 0 aliphatic carbocycles. The molecule has 0 aliphatic rings. The maximum Gasteiger partial charge on any atom is 0.0615 e. The van der Waals surface area contributed by atoms with Gasteiger partial charge in [-0.2, -0.15) is 0 Å². The minimum absolute atomic E-state index is 0.196. The second-order valence-corrected chi connectivity index (χ2v) is 5.34. The van der Waals surface area contributed by atoms with Gasteiger partial charge in [0, 0.05) is 39.4 Å². The molecule has 0 saturated heterocycles. The SMILES string of the molecule is CCc1ccccc1C(CN)N(CCOC)C(C)COC. The summed E-state index contributed by atoms with van der Waals surface area (Å²) in [6.45, 7) is 7.18. The first-order valence-electron chi connectivity index (χ1n) is 7.71. The van der Waals surface area contributed by atoms with Crippen molar-refractivity contribution in [2.75, 3.05) is 40.5 Å². The van der Waals surface area contributed by atoms with Gasteiger partial charge in [-0.15, -0.1) is 0 Å². The first kappa shape index (κ1) is 18.1. The summed E-state index contributed by atoms with van der Waals surface area (Å²) in [6, 6.07) is 9.05. The molecule has 0 radical (unpaired) electrons. The number of benzene rings is 1. The number of aryl methyl sites for hydroxylation is 1. The average molecular weight is 294 g/mol. The van der Waals surface area contributed by atoms with Gasteiger partial charge in [-0.1, -0.05) is 31.2 Å². The average Bonchev–Trinajstić information content (AvgIpc) is 2.51. The Morgan fingerprint density at radius 3 is 2.48 bits per heavy atom. The van der Waals surface area contributed by atoms with E-state index < -0.39 is 0 Å². The van der Waals surface area contributed by atoms with Crippen LogP contribution in [0.1, 0.15) is 31.0 Å². The molecule has 120 valence electrons. The predicted octanol–water partition coefficient (Wildman–Crippen LogP) is 2.23. The summed E-state index contributed by atoms with van der Waals surface area (Å²) >= 11 is 0. The molecule has 1 aromatic carbocycles. The first-order chi connectivity index (χ1) is 10.2. The van der Waals surface area contributed by atoms with E-state index in [1.165, 1.54) is 11.1 Å². The highest BCUT2D eigenvalue weighted by molar-refractivity contribution is 5.30. The molecule has 0 bridgehead atoms. The van der Waals surface area contributed by atoms with E-state index in [0.29, 0.717) is 25.8 Å². The number of ether oxygens (including phenoxy) is 2. The van der Waals surface area contributed by atoms with Crippen LogP contribution in [0.5, 0.6) is 0 Å². The van der Waals surface area contributed by atoms with Crippen LogP contribution in [0.25, 0.3) is 0 Å². The van der Waals surface area contributed by atoms with Gasteiger partial charge in [0.1, 0.15) is 0 Å². The molecule has 0 fully saturated rings. The number of nitrogens with two attached hydrogens (primary N) is 1. The van der Waals surface area contributed by atoms with E-state index >= 15 is 0 Å². The van der Waals surface area contributed by atoms with Gasteiger partial charge >= 0.3 is 0 Å². The lowest BCUT2D eigenvalue weighted by Crippen LogP contribution is -2.44. The number of methoxy groups -OCH3 is 2. The van der Waals surface area contributed by atoms with E-state index in [2.05, 4.69) is 43.0 Å². The fourth-order valence-electron chi connectivity index (χ4n) is 2.84. The Balaban J connectivity index is 3.04. The monoisotopic (exact) mass is 294 g/mol. The van der Waals surface area contributed by atoms with Crippen molar-refractivity contribution >= 4 is 0 Å². The van der Waals surface area contributed by atoms with Crippen molar-refractivity contribution < 1.29 is 9.47 Å². The van der Waals surface area contributed by atoms with E-state index in [1.54, 1.807) is 14.2 Å². The van der Waals surface area contributed by atoms with Crippen LogP contribution in [0, 0.1) is 0 Å². The third kappa shape index (κ3) is 5.08. The number of rotatable bonds is 10. The van der Waals surface area contributed by atoms with Crippen LogP contribution < -0.4 is 5.73 Å². The van der Waals surface area contributed by atoms with Gasteiger partial charge in [-0.05, 0) is 24.5 Å². The summed E-state index contributed by atoms with van der Waals surface area (Å²) in [6.07, 6.45) is 1.02. The van der Waals surface area contributed by atoms with Crippen molar-refractivity contribution in [3.63, 3.8) is 0 Å². The molecule has 0 heterocycles. The summed E-state index contributed by atoms with van der Waals surface area (Å²) in [4.78, 5) is 2.39. The van der Waals surface area contributed by atoms with E-state index in [0.717, 1.165) is 13.0 Å². The lowest BCUT2D eigenvalue weighted by Gasteiger charge is -2.36. The molecule has 2 N–H and O–H groups in total. The van der Waals surface area contributed by atoms with Gasteiger partial charge in [-0.3, -0.25) is 4.90 Å². The highest BCUT2D eigenvalue weighted by Crippen LogP contribution is 2.25. The lowest BCUT2D eigenvalue weighted by molar-refractivity contribution is 0.0484. The largest absolute Gasteiger partial charge is 0.383 e. The summed E-state index contributed by atoms with van der Waals surface area (Å²) in [5.74, 6) is 0. The summed E-state index contributed by atoms with van der Waals surface area (Å²) in [7, 11) is 3.47. The molecule has 1 aromatic rings. The van der Waals surface area contributed by atoms with Gasteiger partial charge in [0.05, 0.1) is 13.2 Å². The first-order valence-corrected chi connectivity index (χ1v) is 7.71. The molecule has 4 heteroatoms. The van der Waals surface area contributed by atoms with E-state index in [1.807, 2.05) is 0 Å². The van der Waals surface area contributed by atoms with Crippen molar-refractivity contribution in [1.82, 2.24) is 4.90 Å². The molecule has 21 heavy (non-hydrogen) atoms. The molecule has 1 rings (SSSR count). The van der Waals surface area contributed by atoms with Crippen LogP contribution in [0.15, 0.2) is 24.3 Å². The van der Waals surface area contributed by atoms with E-state index in [4.69, 9.17) is 15.2 Å². The van der Waals surface area contributed by atoms with Crippen LogP contribution in [-0.4, -0.2) is 51.5 Å². The fraction of sp³-hybridized carbons (Fsp3) is 0.647. The molecular formula is C17H30N2O2. The Labute approximate surface area is 129 Å². The molecular weight excluding hydrogens is 264 g/mol. The third-order valence-electron chi connectivity index (χ3n) is 3.95. The zero-order valence-electron chi connectivity index (χ0n) is 13.8. The second kappa shape index (κ2) is 9.90. The molecule has 0 spiro atoms. The van der Waals surface area contributed by atoms with Crippen LogP contribution in [0.2, 0.25) is 0 Å². The normalized spacial score (nSPS) is 14.4. The Bertz CT molecular complexity index is 398. The summed E-state index contributed by atoms with van der Waals surface area (Å²) in [5.41, 5.74) is 8.79. The Morgan fingerprint density at radius 1 is 1.19 bits per heavy atom. The second-order valence-electron chi connectivity index (χ2n) is 5.34. The Morgan fingerprint density at radius 2 is 1.90 bits per heavy atom. The Hall–Kier alpha value is -0.940. The maximum absolute atomic E-state index is 6.11. The van der Waals surface area contributed by atoms with Crippen LogP contribution in [-0.2, 0) is 15.9 Å². The van der Waals surface area contributed by atoms with Gasteiger partial charge in [0.15, 0.2) is 0 Å². The van der Waals surface area contributed by atoms with Gasteiger partial charge in [0.25, 0.3) is 0 Å². The fourth-order valence-corrected chi connectivity index (χ4v) is 2.84. The van der Waals surface area contributed by atoms with Crippen molar-refractivity contribution in [2.45, 2.75) is 32.4 Å². The van der Waals surface area contributed by atoms with Gasteiger partial charge < -0.3 is 15.2 Å². The van der Waals surface area contributed by atoms with Crippen LogP contribution in [0.3, 0.4) is 0 Å². The zero-order chi connectivity index (χ0) is 15.7. The van der Waals surface area contributed by atoms with Crippen molar-refractivity contribution in [1.29, 1.82) is 0 Å². The highest BCUT2D eigenvalue weighted by Gasteiger charge is 2.25. The predicted molar refractivity (Wildman–Crippen MR) is 87.5 cm³/mol. The molecule has 2 atom stereocenters. The van der Waals surface area contributed by atoms with E-state index in [-0.39, 0.29) is 6.04 Å². The maximum atomic E-state index is 6.11. The van der Waals surface area contributed by atoms with Gasteiger partial charge in [-0.25, -0.2) is 0 Å². The smallest absolute Gasteiger partial charge is 0.0615 e. The standard InChI is InChI=1S/C17H30N2O2/c1-5-15-8-6-7-9-16(15)17(12-18)19(10-11-20-3)14(2)13-21-4/h6-9,14,17H,5,10-13,18H2,1-4H3. The Kier molecular flexibility index (Phi) is 8.54. The molecule has 0 aromatic heterocycles.